The van der Waals surface area contributed by atoms with E-state index in [-0.39, 0.29) is 40.4 Å². The number of ether oxygens (including phenoxy) is 2. The number of benzene rings is 1. The van der Waals surface area contributed by atoms with Crippen LogP contribution < -0.4 is 5.73 Å². The molecule has 8 heteroatoms. The van der Waals surface area contributed by atoms with E-state index in [9.17, 15) is 10.1 Å². The molecule has 0 bridgehead atoms. The SMILES string of the molecule is CCOC(=O)C1=C(CCl)OC(N)=C(C#N)C1c1cc2cc(C)ccc2nc1Cl. The molecule has 2 N–H and O–H groups in total. The maximum Gasteiger partial charge on any atom is 0.338 e. The molecule has 1 atom stereocenters. The molecule has 1 aliphatic rings. The number of hydrogen-bond donors (Lipinski definition) is 1. The van der Waals surface area contributed by atoms with Crippen LogP contribution in [0.5, 0.6) is 0 Å². The maximum absolute atomic E-state index is 12.7. The summed E-state index contributed by atoms with van der Waals surface area (Å²) < 4.78 is 10.6. The summed E-state index contributed by atoms with van der Waals surface area (Å²) in [6.45, 7) is 3.78. The van der Waals surface area contributed by atoms with Crippen molar-refractivity contribution in [1.29, 1.82) is 5.26 Å². The number of carbonyl (C=O) groups is 1. The third-order valence-electron chi connectivity index (χ3n) is 4.38. The molecule has 0 saturated carbocycles. The second-order valence-electron chi connectivity index (χ2n) is 6.18. The van der Waals surface area contributed by atoms with E-state index in [0.29, 0.717) is 11.1 Å². The Labute approximate surface area is 172 Å². The van der Waals surface area contributed by atoms with Crippen molar-refractivity contribution in [2.45, 2.75) is 19.8 Å². The van der Waals surface area contributed by atoms with E-state index < -0.39 is 11.9 Å². The van der Waals surface area contributed by atoms with Gasteiger partial charge in [0.15, 0.2) is 0 Å². The lowest BCUT2D eigenvalue weighted by Gasteiger charge is -2.27. The minimum absolute atomic E-state index is 0.0487. The first kappa shape index (κ1) is 20.0. The lowest BCUT2D eigenvalue weighted by molar-refractivity contribution is -0.139. The summed E-state index contributed by atoms with van der Waals surface area (Å²) in [5, 5.41) is 10.7. The smallest absolute Gasteiger partial charge is 0.338 e. The molecule has 1 unspecified atom stereocenters. The van der Waals surface area contributed by atoms with Crippen molar-refractivity contribution >= 4 is 40.1 Å². The highest BCUT2D eigenvalue weighted by Crippen LogP contribution is 2.42. The van der Waals surface area contributed by atoms with Gasteiger partial charge in [-0.1, -0.05) is 23.2 Å². The molecule has 0 spiro atoms. The fourth-order valence-corrected chi connectivity index (χ4v) is 3.61. The summed E-state index contributed by atoms with van der Waals surface area (Å²) in [5.74, 6) is -1.67. The fourth-order valence-electron chi connectivity index (χ4n) is 3.15. The molecule has 1 aliphatic heterocycles. The zero-order valence-corrected chi connectivity index (χ0v) is 16.8. The van der Waals surface area contributed by atoms with Gasteiger partial charge >= 0.3 is 5.97 Å². The number of carbonyl (C=O) groups excluding carboxylic acids is 1. The van der Waals surface area contributed by atoms with Gasteiger partial charge in [0.1, 0.15) is 22.6 Å². The van der Waals surface area contributed by atoms with Crippen molar-refractivity contribution in [2.75, 3.05) is 12.5 Å². The minimum atomic E-state index is -0.892. The van der Waals surface area contributed by atoms with E-state index in [4.69, 9.17) is 38.4 Å². The standard InChI is InChI=1S/C20H17Cl2N3O3/c1-3-27-20(26)17-15(8-21)28-19(24)13(9-23)16(17)12-7-11-6-10(2)4-5-14(11)25-18(12)22/h4-7,16H,3,8,24H2,1-2H3. The molecule has 144 valence electrons. The molecular weight excluding hydrogens is 401 g/mol. The van der Waals surface area contributed by atoms with Crippen LogP contribution in [-0.4, -0.2) is 23.4 Å². The van der Waals surface area contributed by atoms with Gasteiger partial charge in [0.2, 0.25) is 5.88 Å². The number of aromatic nitrogens is 1. The molecule has 0 amide bonds. The molecule has 0 radical (unpaired) electrons. The molecule has 2 heterocycles. The highest BCUT2D eigenvalue weighted by molar-refractivity contribution is 6.31. The third-order valence-corrected chi connectivity index (χ3v) is 4.92. The monoisotopic (exact) mass is 417 g/mol. The van der Waals surface area contributed by atoms with Gasteiger partial charge in [0.05, 0.1) is 29.5 Å². The quantitative estimate of drug-likeness (QED) is 0.457. The van der Waals surface area contributed by atoms with Crippen molar-refractivity contribution in [3.8, 4) is 6.07 Å². The summed E-state index contributed by atoms with van der Waals surface area (Å²) in [6.07, 6.45) is 0. The van der Waals surface area contributed by atoms with Crippen molar-refractivity contribution < 1.29 is 14.3 Å². The van der Waals surface area contributed by atoms with E-state index in [2.05, 4.69) is 4.98 Å². The zero-order chi connectivity index (χ0) is 20.4. The number of rotatable bonds is 4. The summed E-state index contributed by atoms with van der Waals surface area (Å²) >= 11 is 12.4. The van der Waals surface area contributed by atoms with Crippen LogP contribution in [0.4, 0.5) is 0 Å². The Kier molecular flexibility index (Phi) is 5.78. The Morgan fingerprint density at radius 3 is 2.82 bits per heavy atom. The number of hydrogen-bond acceptors (Lipinski definition) is 6. The Morgan fingerprint density at radius 2 is 2.18 bits per heavy atom. The first-order valence-electron chi connectivity index (χ1n) is 8.51. The van der Waals surface area contributed by atoms with E-state index in [1.165, 1.54) is 0 Å². The number of nitrogens with zero attached hydrogens (tertiary/aromatic N) is 2. The largest absolute Gasteiger partial charge is 0.463 e. The highest BCUT2D eigenvalue weighted by Gasteiger charge is 2.38. The Balaban J connectivity index is 2.30. The van der Waals surface area contributed by atoms with Crippen LogP contribution in [0.15, 0.2) is 47.1 Å². The molecule has 6 nitrogen and oxygen atoms in total. The minimum Gasteiger partial charge on any atom is -0.463 e. The number of halogens is 2. The maximum atomic E-state index is 12.7. The van der Waals surface area contributed by atoms with Gasteiger partial charge in [0, 0.05) is 10.9 Å². The van der Waals surface area contributed by atoms with Crippen LogP contribution in [0.3, 0.4) is 0 Å². The zero-order valence-electron chi connectivity index (χ0n) is 15.3. The molecule has 0 aliphatic carbocycles. The number of esters is 1. The average molecular weight is 418 g/mol. The van der Waals surface area contributed by atoms with E-state index in [1.807, 2.05) is 31.2 Å². The molecule has 0 fully saturated rings. The van der Waals surface area contributed by atoms with Gasteiger partial charge in [0.25, 0.3) is 0 Å². The van der Waals surface area contributed by atoms with E-state index >= 15 is 0 Å². The summed E-state index contributed by atoms with van der Waals surface area (Å²) in [4.78, 5) is 17.1. The van der Waals surface area contributed by atoms with Crippen LogP contribution in [0, 0.1) is 18.3 Å². The topological polar surface area (TPSA) is 98.2 Å². The fraction of sp³-hybridized carbons (Fsp3) is 0.250. The number of allylic oxidation sites excluding steroid dienone is 2. The van der Waals surface area contributed by atoms with Crippen LogP contribution in [0.1, 0.15) is 24.0 Å². The number of nitriles is 1. The van der Waals surface area contributed by atoms with Crippen molar-refractivity contribution in [2.24, 2.45) is 5.73 Å². The molecule has 3 rings (SSSR count). The van der Waals surface area contributed by atoms with Crippen molar-refractivity contribution in [3.05, 3.63) is 63.3 Å². The Hall–Kier alpha value is -2.75. The molecule has 28 heavy (non-hydrogen) atoms. The number of aryl methyl sites for hydroxylation is 1. The lowest BCUT2D eigenvalue weighted by Crippen LogP contribution is -2.27. The highest BCUT2D eigenvalue weighted by atomic mass is 35.5. The summed E-state index contributed by atoms with van der Waals surface area (Å²) in [6, 6.07) is 9.53. The number of alkyl halides is 1. The van der Waals surface area contributed by atoms with E-state index in [1.54, 1.807) is 13.0 Å². The second-order valence-corrected chi connectivity index (χ2v) is 6.81. The van der Waals surface area contributed by atoms with Crippen LogP contribution in [0.2, 0.25) is 5.15 Å². The molecular formula is C20H17Cl2N3O3. The van der Waals surface area contributed by atoms with Crippen LogP contribution in [0.25, 0.3) is 10.9 Å². The van der Waals surface area contributed by atoms with Crippen LogP contribution >= 0.6 is 23.2 Å². The first-order valence-corrected chi connectivity index (χ1v) is 9.43. The molecule has 0 saturated heterocycles. The van der Waals surface area contributed by atoms with Crippen molar-refractivity contribution in [3.63, 3.8) is 0 Å². The third kappa shape index (κ3) is 3.51. The second kappa shape index (κ2) is 8.09. The Bertz CT molecular complexity index is 1070. The predicted molar refractivity (Wildman–Crippen MR) is 107 cm³/mol. The van der Waals surface area contributed by atoms with E-state index in [0.717, 1.165) is 10.9 Å². The Morgan fingerprint density at radius 1 is 1.43 bits per heavy atom. The van der Waals surface area contributed by atoms with Crippen LogP contribution in [-0.2, 0) is 14.3 Å². The number of nitrogens with two attached hydrogens (primary N) is 1. The average Bonchev–Trinajstić information content (AvgIpc) is 2.67. The van der Waals surface area contributed by atoms with Gasteiger partial charge < -0.3 is 15.2 Å². The number of fused-ring (bicyclic) bond motifs is 1. The summed E-state index contributed by atoms with van der Waals surface area (Å²) in [7, 11) is 0. The number of pyridine rings is 1. The van der Waals surface area contributed by atoms with Gasteiger partial charge in [-0.3, -0.25) is 0 Å². The normalized spacial score (nSPS) is 16.8. The molecule has 1 aromatic heterocycles. The van der Waals surface area contributed by atoms with Crippen molar-refractivity contribution in [1.82, 2.24) is 4.98 Å². The summed E-state index contributed by atoms with van der Waals surface area (Å²) in [5.41, 5.74) is 8.26. The van der Waals surface area contributed by atoms with Gasteiger partial charge in [-0.25, -0.2) is 9.78 Å². The van der Waals surface area contributed by atoms with Gasteiger partial charge in [-0.2, -0.15) is 5.26 Å². The molecule has 2 aromatic rings. The molecule has 1 aromatic carbocycles. The predicted octanol–water partition coefficient (Wildman–Crippen LogP) is 4.06. The first-order chi connectivity index (χ1) is 13.4. The lowest BCUT2D eigenvalue weighted by atomic mass is 9.83. The van der Waals surface area contributed by atoms with Gasteiger partial charge in [-0.15, -0.1) is 11.6 Å². The van der Waals surface area contributed by atoms with Gasteiger partial charge in [-0.05, 0) is 32.0 Å².